The van der Waals surface area contributed by atoms with Gasteiger partial charge in [0.2, 0.25) is 0 Å². The highest BCUT2D eigenvalue weighted by molar-refractivity contribution is 5.33. The zero-order valence-corrected chi connectivity index (χ0v) is 10.3. The summed E-state index contributed by atoms with van der Waals surface area (Å²) in [5, 5.41) is 11.3. The van der Waals surface area contributed by atoms with Crippen molar-refractivity contribution in [3.8, 4) is 0 Å². The zero-order valence-electron chi connectivity index (χ0n) is 10.3. The molecule has 0 bridgehead atoms. The standard InChI is InChI=1S/C15H17N3/c1-2-5-13(6-3-1)11-15(8-9-15)12-16-14-7-4-10-17-18-14/h1-7,10H,8-9,11-12H2,(H,16,18). The molecule has 0 radical (unpaired) electrons. The topological polar surface area (TPSA) is 37.8 Å². The van der Waals surface area contributed by atoms with Crippen LogP contribution in [0, 0.1) is 5.41 Å². The average Bonchev–Trinajstić information content (AvgIpc) is 3.19. The van der Waals surface area contributed by atoms with E-state index in [9.17, 15) is 0 Å². The lowest BCUT2D eigenvalue weighted by atomic mass is 9.96. The third-order valence-corrected chi connectivity index (χ3v) is 3.60. The largest absolute Gasteiger partial charge is 0.368 e. The van der Waals surface area contributed by atoms with Gasteiger partial charge in [0.05, 0.1) is 0 Å². The van der Waals surface area contributed by atoms with E-state index in [1.54, 1.807) is 6.20 Å². The molecule has 3 heteroatoms. The second-order valence-corrected chi connectivity index (χ2v) is 5.12. The average molecular weight is 239 g/mol. The van der Waals surface area contributed by atoms with E-state index in [0.29, 0.717) is 5.41 Å². The first-order valence-corrected chi connectivity index (χ1v) is 6.42. The summed E-state index contributed by atoms with van der Waals surface area (Å²) in [5.41, 5.74) is 1.86. The highest BCUT2D eigenvalue weighted by atomic mass is 15.2. The van der Waals surface area contributed by atoms with Crippen molar-refractivity contribution in [3.05, 3.63) is 54.2 Å². The number of hydrogen-bond donors (Lipinski definition) is 1. The van der Waals surface area contributed by atoms with Crippen molar-refractivity contribution in [2.75, 3.05) is 11.9 Å². The molecule has 1 fully saturated rings. The lowest BCUT2D eigenvalue weighted by molar-refractivity contribution is 0.537. The summed E-state index contributed by atoms with van der Waals surface area (Å²) in [6.07, 6.45) is 5.45. The monoisotopic (exact) mass is 239 g/mol. The Morgan fingerprint density at radius 1 is 1.06 bits per heavy atom. The Morgan fingerprint density at radius 3 is 2.56 bits per heavy atom. The van der Waals surface area contributed by atoms with Crippen LogP contribution in [-0.4, -0.2) is 16.7 Å². The molecule has 2 aromatic rings. The minimum absolute atomic E-state index is 0.429. The van der Waals surface area contributed by atoms with E-state index >= 15 is 0 Å². The fourth-order valence-corrected chi connectivity index (χ4v) is 2.30. The highest BCUT2D eigenvalue weighted by Gasteiger charge is 2.42. The minimum atomic E-state index is 0.429. The summed E-state index contributed by atoms with van der Waals surface area (Å²) in [6, 6.07) is 14.6. The summed E-state index contributed by atoms with van der Waals surface area (Å²) in [4.78, 5) is 0. The Kier molecular flexibility index (Phi) is 2.97. The van der Waals surface area contributed by atoms with Crippen LogP contribution < -0.4 is 5.32 Å². The van der Waals surface area contributed by atoms with E-state index < -0.39 is 0 Å². The first kappa shape index (κ1) is 11.2. The van der Waals surface area contributed by atoms with E-state index in [1.807, 2.05) is 12.1 Å². The Morgan fingerprint density at radius 2 is 1.89 bits per heavy atom. The molecule has 1 aliphatic carbocycles. The fraction of sp³-hybridized carbons (Fsp3) is 0.333. The molecule has 92 valence electrons. The lowest BCUT2D eigenvalue weighted by Gasteiger charge is -2.16. The molecular weight excluding hydrogens is 222 g/mol. The normalized spacial score (nSPS) is 16.2. The van der Waals surface area contributed by atoms with Crippen LogP contribution in [0.15, 0.2) is 48.7 Å². The van der Waals surface area contributed by atoms with Crippen LogP contribution in [0.25, 0.3) is 0 Å². The molecule has 0 saturated heterocycles. The van der Waals surface area contributed by atoms with E-state index in [-0.39, 0.29) is 0 Å². The zero-order chi connectivity index (χ0) is 12.3. The first-order valence-electron chi connectivity index (χ1n) is 6.42. The molecule has 1 aromatic heterocycles. The maximum atomic E-state index is 4.06. The van der Waals surface area contributed by atoms with Crippen molar-refractivity contribution in [2.45, 2.75) is 19.3 Å². The Hall–Kier alpha value is -1.90. The molecule has 0 spiro atoms. The van der Waals surface area contributed by atoms with Crippen LogP contribution >= 0.6 is 0 Å². The van der Waals surface area contributed by atoms with Gasteiger partial charge >= 0.3 is 0 Å². The van der Waals surface area contributed by atoms with Crippen LogP contribution in [0.2, 0.25) is 0 Å². The van der Waals surface area contributed by atoms with Crippen molar-refractivity contribution in [2.24, 2.45) is 5.41 Å². The van der Waals surface area contributed by atoms with Gasteiger partial charge in [-0.25, -0.2) is 0 Å². The number of aromatic nitrogens is 2. The molecule has 1 N–H and O–H groups in total. The highest BCUT2D eigenvalue weighted by Crippen LogP contribution is 2.48. The molecule has 0 amide bonds. The molecule has 1 saturated carbocycles. The van der Waals surface area contributed by atoms with Crippen molar-refractivity contribution in [1.29, 1.82) is 0 Å². The number of nitrogens with zero attached hydrogens (tertiary/aromatic N) is 2. The molecule has 3 rings (SSSR count). The molecule has 3 nitrogen and oxygen atoms in total. The van der Waals surface area contributed by atoms with Gasteiger partial charge in [0.25, 0.3) is 0 Å². The maximum absolute atomic E-state index is 4.06. The van der Waals surface area contributed by atoms with Gasteiger partial charge in [0, 0.05) is 12.7 Å². The molecular formula is C15H17N3. The van der Waals surface area contributed by atoms with Gasteiger partial charge in [-0.1, -0.05) is 30.3 Å². The predicted molar refractivity (Wildman–Crippen MR) is 72.3 cm³/mol. The second kappa shape index (κ2) is 4.77. The number of rotatable bonds is 5. The molecule has 0 aliphatic heterocycles. The SMILES string of the molecule is c1ccc(CC2(CNc3cccnn3)CC2)cc1. The third kappa shape index (κ3) is 2.67. The van der Waals surface area contributed by atoms with Gasteiger partial charge in [-0.05, 0) is 42.4 Å². The maximum Gasteiger partial charge on any atom is 0.148 e. The minimum Gasteiger partial charge on any atom is -0.368 e. The fourth-order valence-electron chi connectivity index (χ4n) is 2.30. The van der Waals surface area contributed by atoms with E-state index in [1.165, 1.54) is 18.4 Å². The van der Waals surface area contributed by atoms with Gasteiger partial charge in [-0.15, -0.1) is 5.10 Å². The number of nitrogens with one attached hydrogen (secondary N) is 1. The van der Waals surface area contributed by atoms with Crippen molar-refractivity contribution < 1.29 is 0 Å². The van der Waals surface area contributed by atoms with Gasteiger partial charge < -0.3 is 5.32 Å². The van der Waals surface area contributed by atoms with Crippen molar-refractivity contribution >= 4 is 5.82 Å². The third-order valence-electron chi connectivity index (χ3n) is 3.60. The Balaban J connectivity index is 1.59. The molecule has 1 aliphatic rings. The van der Waals surface area contributed by atoms with E-state index in [4.69, 9.17) is 0 Å². The lowest BCUT2D eigenvalue weighted by Crippen LogP contribution is -2.18. The number of benzene rings is 1. The number of hydrogen-bond acceptors (Lipinski definition) is 3. The summed E-state index contributed by atoms with van der Waals surface area (Å²) >= 11 is 0. The molecule has 0 atom stereocenters. The Labute approximate surface area is 107 Å². The molecule has 1 heterocycles. The van der Waals surface area contributed by atoms with Crippen molar-refractivity contribution in [1.82, 2.24) is 10.2 Å². The van der Waals surface area contributed by atoms with Crippen LogP contribution in [0.1, 0.15) is 18.4 Å². The van der Waals surface area contributed by atoms with E-state index in [2.05, 4.69) is 45.8 Å². The first-order chi connectivity index (χ1) is 8.86. The molecule has 0 unspecified atom stereocenters. The summed E-state index contributed by atoms with van der Waals surface area (Å²) in [7, 11) is 0. The van der Waals surface area contributed by atoms with Gasteiger partial charge in [-0.2, -0.15) is 5.10 Å². The van der Waals surface area contributed by atoms with Gasteiger partial charge in [0.1, 0.15) is 5.82 Å². The number of anilines is 1. The van der Waals surface area contributed by atoms with Crippen LogP contribution in [0.4, 0.5) is 5.82 Å². The van der Waals surface area contributed by atoms with Crippen LogP contribution in [0.3, 0.4) is 0 Å². The van der Waals surface area contributed by atoms with Crippen LogP contribution in [0.5, 0.6) is 0 Å². The van der Waals surface area contributed by atoms with Gasteiger partial charge in [0.15, 0.2) is 0 Å². The van der Waals surface area contributed by atoms with Gasteiger partial charge in [-0.3, -0.25) is 0 Å². The predicted octanol–water partition coefficient (Wildman–Crippen LogP) is 2.91. The smallest absolute Gasteiger partial charge is 0.148 e. The molecule has 1 aromatic carbocycles. The second-order valence-electron chi connectivity index (χ2n) is 5.12. The Bertz CT molecular complexity index is 492. The van der Waals surface area contributed by atoms with Crippen LogP contribution in [-0.2, 0) is 6.42 Å². The molecule has 18 heavy (non-hydrogen) atoms. The summed E-state index contributed by atoms with van der Waals surface area (Å²) < 4.78 is 0. The quantitative estimate of drug-likeness (QED) is 0.871. The summed E-state index contributed by atoms with van der Waals surface area (Å²) in [6.45, 7) is 0.987. The van der Waals surface area contributed by atoms with E-state index in [0.717, 1.165) is 18.8 Å². The van der Waals surface area contributed by atoms with Crippen molar-refractivity contribution in [3.63, 3.8) is 0 Å². The summed E-state index contributed by atoms with van der Waals surface area (Å²) in [5.74, 6) is 0.872.